The average molecular weight is 417 g/mol. The van der Waals surface area contributed by atoms with Crippen LogP contribution in [0.1, 0.15) is 36.7 Å². The molecule has 0 fully saturated rings. The maximum absolute atomic E-state index is 13.0. The molecule has 1 amide bonds. The lowest BCUT2D eigenvalue weighted by molar-refractivity contribution is -0.139. The molecular formula is C22H22F3N3O2. The topological polar surface area (TPSA) is 56.2 Å². The minimum Gasteiger partial charge on any atom is -0.483 e. The van der Waals surface area contributed by atoms with Crippen molar-refractivity contribution in [2.24, 2.45) is 0 Å². The number of amides is 1. The normalized spacial score (nSPS) is 11.5. The number of nitrogens with one attached hydrogen (secondary N) is 1. The zero-order valence-electron chi connectivity index (χ0n) is 16.6. The maximum Gasteiger partial charge on any atom is 0.419 e. The lowest BCUT2D eigenvalue weighted by Gasteiger charge is -2.14. The van der Waals surface area contributed by atoms with Crippen molar-refractivity contribution < 1.29 is 22.7 Å². The summed E-state index contributed by atoms with van der Waals surface area (Å²) in [6, 6.07) is 12.0. The lowest BCUT2D eigenvalue weighted by Crippen LogP contribution is -2.21. The molecule has 0 aliphatic heterocycles. The first-order chi connectivity index (χ1) is 14.2. The number of rotatable bonds is 7. The van der Waals surface area contributed by atoms with Crippen molar-refractivity contribution in [1.29, 1.82) is 0 Å². The SMILES string of the molecule is CC(C)c1nccn1Cc1cccc(NC(=O)COc2ccccc2C(F)(F)F)c1. The van der Waals surface area contributed by atoms with Crippen molar-refractivity contribution in [1.82, 2.24) is 9.55 Å². The van der Waals surface area contributed by atoms with Gasteiger partial charge in [0.25, 0.3) is 5.91 Å². The summed E-state index contributed by atoms with van der Waals surface area (Å²) in [5, 5.41) is 2.66. The Bertz CT molecular complexity index is 1010. The van der Waals surface area contributed by atoms with Gasteiger partial charge in [-0.15, -0.1) is 0 Å². The van der Waals surface area contributed by atoms with Crippen molar-refractivity contribution in [3.8, 4) is 5.75 Å². The summed E-state index contributed by atoms with van der Waals surface area (Å²) in [4.78, 5) is 16.5. The first-order valence-corrected chi connectivity index (χ1v) is 9.43. The van der Waals surface area contributed by atoms with E-state index in [9.17, 15) is 18.0 Å². The molecule has 5 nitrogen and oxygen atoms in total. The summed E-state index contributed by atoms with van der Waals surface area (Å²) < 4.78 is 46.2. The second kappa shape index (κ2) is 9.02. The van der Waals surface area contributed by atoms with E-state index in [4.69, 9.17) is 4.74 Å². The Morgan fingerprint density at radius 3 is 2.67 bits per heavy atom. The number of carbonyl (C=O) groups is 1. The standard InChI is InChI=1S/C22H22F3N3O2/c1-15(2)21-26-10-11-28(21)13-16-6-5-7-17(12-16)27-20(29)14-30-19-9-4-3-8-18(19)22(23,24)25/h3-12,15H,13-14H2,1-2H3,(H,27,29). The molecule has 3 rings (SSSR count). The molecule has 0 saturated carbocycles. The van der Waals surface area contributed by atoms with E-state index in [1.165, 1.54) is 18.2 Å². The molecule has 0 unspecified atom stereocenters. The number of benzene rings is 2. The minimum absolute atomic E-state index is 0.277. The van der Waals surface area contributed by atoms with Gasteiger partial charge in [-0.3, -0.25) is 4.79 Å². The van der Waals surface area contributed by atoms with Gasteiger partial charge >= 0.3 is 6.18 Å². The molecule has 158 valence electrons. The number of carbonyl (C=O) groups excluding carboxylic acids is 1. The van der Waals surface area contributed by atoms with E-state index in [0.717, 1.165) is 17.5 Å². The zero-order chi connectivity index (χ0) is 21.7. The number of halogens is 3. The Hall–Kier alpha value is -3.29. The summed E-state index contributed by atoms with van der Waals surface area (Å²) in [5.74, 6) is 0.311. The van der Waals surface area contributed by atoms with Gasteiger partial charge < -0.3 is 14.6 Å². The van der Waals surface area contributed by atoms with Gasteiger partial charge in [-0.2, -0.15) is 13.2 Å². The van der Waals surface area contributed by atoms with E-state index in [0.29, 0.717) is 12.2 Å². The molecule has 3 aromatic rings. The number of imidazole rings is 1. The number of anilines is 1. The fraction of sp³-hybridized carbons (Fsp3) is 0.273. The van der Waals surface area contributed by atoms with Crippen molar-refractivity contribution in [2.45, 2.75) is 32.5 Å². The number of aromatic nitrogens is 2. The highest BCUT2D eigenvalue weighted by atomic mass is 19.4. The van der Waals surface area contributed by atoms with Gasteiger partial charge in [0.1, 0.15) is 11.6 Å². The number of para-hydroxylation sites is 1. The fourth-order valence-electron chi connectivity index (χ4n) is 3.07. The van der Waals surface area contributed by atoms with Crippen LogP contribution in [0.4, 0.5) is 18.9 Å². The quantitative estimate of drug-likeness (QED) is 0.583. The van der Waals surface area contributed by atoms with Crippen LogP contribution in [0, 0.1) is 0 Å². The van der Waals surface area contributed by atoms with Gasteiger partial charge in [0.15, 0.2) is 6.61 Å². The van der Waals surface area contributed by atoms with E-state index in [2.05, 4.69) is 24.1 Å². The summed E-state index contributed by atoms with van der Waals surface area (Å²) in [5.41, 5.74) is 0.577. The van der Waals surface area contributed by atoms with Crippen molar-refractivity contribution >= 4 is 11.6 Å². The van der Waals surface area contributed by atoms with Crippen LogP contribution >= 0.6 is 0 Å². The molecule has 2 aromatic carbocycles. The number of alkyl halides is 3. The second-order valence-electron chi connectivity index (χ2n) is 7.10. The van der Waals surface area contributed by atoms with E-state index < -0.39 is 24.3 Å². The van der Waals surface area contributed by atoms with Crippen LogP contribution in [0.2, 0.25) is 0 Å². The van der Waals surface area contributed by atoms with Crippen molar-refractivity contribution in [3.63, 3.8) is 0 Å². The number of hydrogen-bond donors (Lipinski definition) is 1. The van der Waals surface area contributed by atoms with Crippen LogP contribution < -0.4 is 10.1 Å². The first-order valence-electron chi connectivity index (χ1n) is 9.43. The molecule has 1 N–H and O–H groups in total. The summed E-state index contributed by atoms with van der Waals surface area (Å²) in [6.07, 6.45) is -0.910. The first kappa shape index (κ1) is 21.4. The Balaban J connectivity index is 1.63. The molecule has 0 spiro atoms. The fourth-order valence-corrected chi connectivity index (χ4v) is 3.07. The maximum atomic E-state index is 13.0. The van der Waals surface area contributed by atoms with Crippen molar-refractivity contribution in [2.75, 3.05) is 11.9 Å². The molecule has 8 heteroatoms. The predicted molar refractivity (Wildman–Crippen MR) is 107 cm³/mol. The minimum atomic E-state index is -4.55. The van der Waals surface area contributed by atoms with E-state index in [1.807, 2.05) is 22.9 Å². The predicted octanol–water partition coefficient (Wildman–Crippen LogP) is 5.09. The summed E-state index contributed by atoms with van der Waals surface area (Å²) in [7, 11) is 0. The highest BCUT2D eigenvalue weighted by Crippen LogP contribution is 2.35. The third kappa shape index (κ3) is 5.40. The summed E-state index contributed by atoms with van der Waals surface area (Å²) in [6.45, 7) is 4.18. The number of ether oxygens (including phenoxy) is 1. The average Bonchev–Trinajstić information content (AvgIpc) is 3.14. The Kier molecular flexibility index (Phi) is 6.44. The Morgan fingerprint density at radius 1 is 1.17 bits per heavy atom. The smallest absolute Gasteiger partial charge is 0.419 e. The monoisotopic (exact) mass is 417 g/mol. The zero-order valence-corrected chi connectivity index (χ0v) is 16.6. The van der Waals surface area contributed by atoms with Crippen molar-refractivity contribution in [3.05, 3.63) is 77.9 Å². The molecule has 0 aliphatic rings. The summed E-state index contributed by atoms with van der Waals surface area (Å²) >= 11 is 0. The van der Waals surface area contributed by atoms with Crippen LogP contribution in [0.5, 0.6) is 5.75 Å². The Labute approximate surface area is 172 Å². The van der Waals surface area contributed by atoms with Gasteiger partial charge in [-0.1, -0.05) is 38.1 Å². The molecular weight excluding hydrogens is 395 g/mol. The lowest BCUT2D eigenvalue weighted by atomic mass is 10.1. The third-order valence-corrected chi connectivity index (χ3v) is 4.38. The van der Waals surface area contributed by atoms with Crippen LogP contribution in [0.3, 0.4) is 0 Å². The molecule has 0 radical (unpaired) electrons. The van der Waals surface area contributed by atoms with Crippen LogP contribution in [0.15, 0.2) is 60.9 Å². The third-order valence-electron chi connectivity index (χ3n) is 4.38. The Morgan fingerprint density at radius 2 is 1.93 bits per heavy atom. The van der Waals surface area contributed by atoms with Gasteiger partial charge in [0.05, 0.1) is 5.56 Å². The number of nitrogens with zero attached hydrogens (tertiary/aromatic N) is 2. The highest BCUT2D eigenvalue weighted by Gasteiger charge is 2.34. The molecule has 1 aromatic heterocycles. The molecule has 30 heavy (non-hydrogen) atoms. The second-order valence-corrected chi connectivity index (χ2v) is 7.10. The molecule has 1 heterocycles. The van der Waals surface area contributed by atoms with E-state index >= 15 is 0 Å². The molecule has 0 saturated heterocycles. The van der Waals surface area contributed by atoms with Crippen LogP contribution in [-0.2, 0) is 17.5 Å². The van der Waals surface area contributed by atoms with E-state index in [1.54, 1.807) is 18.3 Å². The van der Waals surface area contributed by atoms with E-state index in [-0.39, 0.29) is 11.7 Å². The van der Waals surface area contributed by atoms with Gasteiger partial charge in [0, 0.05) is 30.5 Å². The van der Waals surface area contributed by atoms with Gasteiger partial charge in [-0.25, -0.2) is 4.98 Å². The highest BCUT2D eigenvalue weighted by molar-refractivity contribution is 5.91. The van der Waals surface area contributed by atoms with Crippen LogP contribution in [-0.4, -0.2) is 22.1 Å². The van der Waals surface area contributed by atoms with Gasteiger partial charge in [-0.05, 0) is 29.8 Å². The molecule has 0 aliphatic carbocycles. The molecule has 0 atom stereocenters. The molecule has 0 bridgehead atoms. The van der Waals surface area contributed by atoms with Gasteiger partial charge in [0.2, 0.25) is 0 Å². The van der Waals surface area contributed by atoms with Crippen LogP contribution in [0.25, 0.3) is 0 Å². The number of hydrogen-bond acceptors (Lipinski definition) is 3. The largest absolute Gasteiger partial charge is 0.483 e.